The topological polar surface area (TPSA) is 0 Å². The first-order chi connectivity index (χ1) is 4.91. The second-order valence-electron chi connectivity index (χ2n) is 3.78. The van der Waals surface area contributed by atoms with Crippen molar-refractivity contribution in [2.45, 2.75) is 33.1 Å². The Balaban J connectivity index is 3.13. The van der Waals surface area contributed by atoms with E-state index in [9.17, 15) is 0 Å². The molecule has 1 aromatic heterocycles. The SMILES string of the molecule is Cc1cc(I)c(C(C)(C)C)s1. The first-order valence-corrected chi connectivity index (χ1v) is 5.57. The molecule has 11 heavy (non-hydrogen) atoms. The van der Waals surface area contributed by atoms with E-state index in [0.717, 1.165) is 0 Å². The van der Waals surface area contributed by atoms with Crippen LogP contribution in [0.4, 0.5) is 0 Å². The van der Waals surface area contributed by atoms with Crippen molar-refractivity contribution in [3.8, 4) is 0 Å². The Morgan fingerprint density at radius 3 is 2.09 bits per heavy atom. The molecule has 0 unspecified atom stereocenters. The van der Waals surface area contributed by atoms with Crippen molar-refractivity contribution >= 4 is 33.9 Å². The lowest BCUT2D eigenvalue weighted by Crippen LogP contribution is -2.09. The molecule has 0 aromatic carbocycles. The lowest BCUT2D eigenvalue weighted by atomic mass is 9.95. The Hall–Kier alpha value is 0.430. The molecule has 1 heterocycles. The van der Waals surface area contributed by atoms with Crippen molar-refractivity contribution in [2.75, 3.05) is 0 Å². The van der Waals surface area contributed by atoms with Gasteiger partial charge >= 0.3 is 0 Å². The summed E-state index contributed by atoms with van der Waals surface area (Å²) in [6.45, 7) is 8.96. The van der Waals surface area contributed by atoms with Crippen molar-refractivity contribution in [1.82, 2.24) is 0 Å². The molecular formula is C9H13IS. The smallest absolute Gasteiger partial charge is 0.0277 e. The van der Waals surface area contributed by atoms with Crippen LogP contribution in [0.5, 0.6) is 0 Å². The number of rotatable bonds is 0. The molecule has 0 saturated carbocycles. The molecule has 0 bridgehead atoms. The van der Waals surface area contributed by atoms with E-state index in [4.69, 9.17) is 0 Å². The zero-order chi connectivity index (χ0) is 8.65. The van der Waals surface area contributed by atoms with Gasteiger partial charge in [0, 0.05) is 13.3 Å². The van der Waals surface area contributed by atoms with Crippen molar-refractivity contribution in [3.05, 3.63) is 19.4 Å². The Labute approximate surface area is 86.2 Å². The van der Waals surface area contributed by atoms with Crippen molar-refractivity contribution < 1.29 is 0 Å². The fourth-order valence-electron chi connectivity index (χ4n) is 0.995. The van der Waals surface area contributed by atoms with Crippen LogP contribution in [-0.4, -0.2) is 0 Å². The van der Waals surface area contributed by atoms with Gasteiger partial charge in [0.05, 0.1) is 0 Å². The van der Waals surface area contributed by atoms with Crippen LogP contribution in [-0.2, 0) is 5.41 Å². The number of halogens is 1. The molecule has 0 atom stereocenters. The van der Waals surface area contributed by atoms with Gasteiger partial charge in [-0.15, -0.1) is 11.3 Å². The summed E-state index contributed by atoms with van der Waals surface area (Å²) < 4.78 is 1.41. The summed E-state index contributed by atoms with van der Waals surface area (Å²) in [4.78, 5) is 2.93. The molecule has 0 amide bonds. The molecule has 0 aliphatic heterocycles. The van der Waals surface area contributed by atoms with E-state index >= 15 is 0 Å². The van der Waals surface area contributed by atoms with Crippen LogP contribution in [0.3, 0.4) is 0 Å². The molecule has 0 aliphatic carbocycles. The standard InChI is InChI=1S/C9H13IS/c1-6-5-7(10)8(11-6)9(2,3)4/h5H,1-4H3. The maximum Gasteiger partial charge on any atom is 0.0277 e. The Kier molecular flexibility index (Phi) is 2.64. The summed E-state index contributed by atoms with van der Waals surface area (Å²) in [6, 6.07) is 2.26. The van der Waals surface area contributed by atoms with Crippen molar-refractivity contribution in [3.63, 3.8) is 0 Å². The lowest BCUT2D eigenvalue weighted by molar-refractivity contribution is 0.601. The highest BCUT2D eigenvalue weighted by Crippen LogP contribution is 2.33. The number of hydrogen-bond acceptors (Lipinski definition) is 1. The molecule has 2 heteroatoms. The van der Waals surface area contributed by atoms with Gasteiger partial charge in [0.2, 0.25) is 0 Å². The van der Waals surface area contributed by atoms with Crippen molar-refractivity contribution in [1.29, 1.82) is 0 Å². The van der Waals surface area contributed by atoms with Crippen LogP contribution >= 0.6 is 33.9 Å². The molecule has 0 fully saturated rings. The molecule has 0 spiro atoms. The zero-order valence-electron chi connectivity index (χ0n) is 7.36. The summed E-state index contributed by atoms with van der Waals surface area (Å²) in [5.74, 6) is 0. The third-order valence-electron chi connectivity index (χ3n) is 1.49. The highest BCUT2D eigenvalue weighted by molar-refractivity contribution is 14.1. The van der Waals surface area contributed by atoms with E-state index in [2.05, 4.69) is 56.4 Å². The first-order valence-electron chi connectivity index (χ1n) is 3.67. The van der Waals surface area contributed by atoms with Gasteiger partial charge in [-0.05, 0) is 41.0 Å². The molecule has 0 aliphatic rings. The summed E-state index contributed by atoms with van der Waals surface area (Å²) in [6.07, 6.45) is 0. The average Bonchev–Trinajstić information content (AvgIpc) is 2.08. The molecule has 0 nitrogen and oxygen atoms in total. The van der Waals surface area contributed by atoms with E-state index in [1.807, 2.05) is 11.3 Å². The molecule has 1 rings (SSSR count). The third kappa shape index (κ3) is 2.18. The monoisotopic (exact) mass is 280 g/mol. The highest BCUT2D eigenvalue weighted by Gasteiger charge is 2.18. The summed E-state index contributed by atoms with van der Waals surface area (Å²) >= 11 is 4.33. The van der Waals surface area contributed by atoms with E-state index < -0.39 is 0 Å². The quantitative estimate of drug-likeness (QED) is 0.631. The summed E-state index contributed by atoms with van der Waals surface area (Å²) in [7, 11) is 0. The molecule has 0 saturated heterocycles. The fraction of sp³-hybridized carbons (Fsp3) is 0.556. The second kappa shape index (κ2) is 3.05. The van der Waals surface area contributed by atoms with E-state index in [1.54, 1.807) is 0 Å². The molecule has 62 valence electrons. The minimum absolute atomic E-state index is 0.315. The van der Waals surface area contributed by atoms with Crippen molar-refractivity contribution in [2.24, 2.45) is 0 Å². The van der Waals surface area contributed by atoms with Crippen LogP contribution in [0.1, 0.15) is 30.5 Å². The van der Waals surface area contributed by atoms with Gasteiger partial charge in [-0.1, -0.05) is 20.8 Å². The largest absolute Gasteiger partial charge is 0.144 e. The fourth-order valence-corrected chi connectivity index (χ4v) is 3.77. The number of thiophene rings is 1. The molecule has 0 radical (unpaired) electrons. The van der Waals surface area contributed by atoms with Gasteiger partial charge in [0.25, 0.3) is 0 Å². The van der Waals surface area contributed by atoms with Gasteiger partial charge in [0.15, 0.2) is 0 Å². The summed E-state index contributed by atoms with van der Waals surface area (Å²) in [5, 5.41) is 0. The second-order valence-corrected chi connectivity index (χ2v) is 6.20. The normalized spacial score (nSPS) is 12.1. The molecule has 1 aromatic rings. The van der Waals surface area contributed by atoms with E-state index in [0.29, 0.717) is 5.41 Å². The Bertz CT molecular complexity index is 255. The molecular weight excluding hydrogens is 267 g/mol. The van der Waals surface area contributed by atoms with Gasteiger partial charge in [-0.25, -0.2) is 0 Å². The van der Waals surface area contributed by atoms with E-state index in [-0.39, 0.29) is 0 Å². The Morgan fingerprint density at radius 1 is 1.36 bits per heavy atom. The number of hydrogen-bond donors (Lipinski definition) is 0. The predicted molar refractivity (Wildman–Crippen MR) is 60.5 cm³/mol. The number of aryl methyl sites for hydroxylation is 1. The van der Waals surface area contributed by atoms with Gasteiger partial charge in [0.1, 0.15) is 0 Å². The van der Waals surface area contributed by atoms with Crippen LogP contribution in [0, 0.1) is 10.5 Å². The Morgan fingerprint density at radius 2 is 1.91 bits per heavy atom. The van der Waals surface area contributed by atoms with Crippen LogP contribution in [0.2, 0.25) is 0 Å². The first kappa shape index (κ1) is 9.52. The van der Waals surface area contributed by atoms with Gasteiger partial charge in [-0.3, -0.25) is 0 Å². The minimum atomic E-state index is 0.315. The predicted octanol–water partition coefficient (Wildman–Crippen LogP) is 3.96. The van der Waals surface area contributed by atoms with Crippen LogP contribution in [0.25, 0.3) is 0 Å². The van der Waals surface area contributed by atoms with Gasteiger partial charge < -0.3 is 0 Å². The van der Waals surface area contributed by atoms with E-state index in [1.165, 1.54) is 13.3 Å². The summed E-state index contributed by atoms with van der Waals surface area (Å²) in [5.41, 5.74) is 0.315. The zero-order valence-corrected chi connectivity index (χ0v) is 10.3. The highest BCUT2D eigenvalue weighted by atomic mass is 127. The maximum atomic E-state index is 2.42. The lowest BCUT2D eigenvalue weighted by Gasteiger charge is -2.16. The minimum Gasteiger partial charge on any atom is -0.144 e. The third-order valence-corrected chi connectivity index (χ3v) is 4.18. The van der Waals surface area contributed by atoms with Crippen LogP contribution in [0.15, 0.2) is 6.07 Å². The average molecular weight is 280 g/mol. The van der Waals surface area contributed by atoms with Crippen LogP contribution < -0.4 is 0 Å². The maximum absolute atomic E-state index is 2.42. The molecule has 0 N–H and O–H groups in total. The van der Waals surface area contributed by atoms with Gasteiger partial charge in [-0.2, -0.15) is 0 Å².